The fourth-order valence-corrected chi connectivity index (χ4v) is 4.25. The highest BCUT2D eigenvalue weighted by Crippen LogP contribution is 2.26. The highest BCUT2D eigenvalue weighted by molar-refractivity contribution is 7.89. The van der Waals surface area contributed by atoms with Gasteiger partial charge in [-0.15, -0.1) is 10.2 Å². The summed E-state index contributed by atoms with van der Waals surface area (Å²) in [7, 11) is -3.70. The summed E-state index contributed by atoms with van der Waals surface area (Å²) in [6.45, 7) is 2.22. The van der Waals surface area contributed by atoms with Gasteiger partial charge in [0.25, 0.3) is 5.91 Å². The molecule has 23 heavy (non-hydrogen) atoms. The van der Waals surface area contributed by atoms with Crippen molar-refractivity contribution >= 4 is 15.9 Å². The van der Waals surface area contributed by atoms with Crippen molar-refractivity contribution in [2.75, 3.05) is 12.0 Å². The third kappa shape index (κ3) is 3.10. The molecule has 1 aliphatic rings. The summed E-state index contributed by atoms with van der Waals surface area (Å²) in [5.74, 6) is -0.391. The first-order chi connectivity index (χ1) is 11.0. The fraction of sp³-hybridized carbons (Fsp3) is 0.357. The van der Waals surface area contributed by atoms with Gasteiger partial charge in [-0.1, -0.05) is 17.7 Å². The second-order valence-electron chi connectivity index (χ2n) is 5.43. The molecule has 1 fully saturated rings. The molecule has 0 aliphatic carbocycles. The second-order valence-corrected chi connectivity index (χ2v) is 7.32. The van der Waals surface area contributed by atoms with Crippen LogP contribution in [0.1, 0.15) is 18.4 Å². The van der Waals surface area contributed by atoms with E-state index in [1.165, 1.54) is 21.6 Å². The third-order valence-electron chi connectivity index (χ3n) is 3.79. The second kappa shape index (κ2) is 6.09. The van der Waals surface area contributed by atoms with E-state index in [4.69, 9.17) is 0 Å². The molecule has 1 aliphatic heterocycles. The summed E-state index contributed by atoms with van der Waals surface area (Å²) in [5, 5.41) is 7.18. The molecule has 1 aromatic carbocycles. The van der Waals surface area contributed by atoms with Gasteiger partial charge in [-0.2, -0.15) is 4.31 Å². The van der Waals surface area contributed by atoms with Crippen LogP contribution in [0.4, 0.5) is 0 Å². The van der Waals surface area contributed by atoms with Crippen molar-refractivity contribution in [3.05, 3.63) is 42.5 Å². The van der Waals surface area contributed by atoms with Gasteiger partial charge in [0.2, 0.25) is 10.0 Å². The SMILES string of the molecule is Cc1ccc(S(=O)(=O)N2CCC[C@H]2C(=O)Nn2cnnc2)cc1. The topological polar surface area (TPSA) is 97.2 Å². The normalized spacial score (nSPS) is 18.9. The number of rotatable bonds is 4. The van der Waals surface area contributed by atoms with Crippen LogP contribution in [0.15, 0.2) is 41.8 Å². The minimum absolute atomic E-state index is 0.201. The van der Waals surface area contributed by atoms with Gasteiger partial charge in [-0.3, -0.25) is 10.2 Å². The third-order valence-corrected chi connectivity index (χ3v) is 5.71. The van der Waals surface area contributed by atoms with Gasteiger partial charge in [0.1, 0.15) is 18.7 Å². The van der Waals surface area contributed by atoms with E-state index in [9.17, 15) is 13.2 Å². The molecule has 1 amide bonds. The predicted molar refractivity (Wildman–Crippen MR) is 82.5 cm³/mol. The van der Waals surface area contributed by atoms with E-state index in [0.717, 1.165) is 5.56 Å². The van der Waals surface area contributed by atoms with Crippen molar-refractivity contribution in [3.8, 4) is 0 Å². The van der Waals surface area contributed by atoms with Crippen LogP contribution in [0.25, 0.3) is 0 Å². The van der Waals surface area contributed by atoms with E-state index in [1.807, 2.05) is 6.92 Å². The van der Waals surface area contributed by atoms with Crippen molar-refractivity contribution in [2.24, 2.45) is 0 Å². The van der Waals surface area contributed by atoms with Gasteiger partial charge in [-0.25, -0.2) is 13.1 Å². The summed E-state index contributed by atoms with van der Waals surface area (Å²) >= 11 is 0. The zero-order chi connectivity index (χ0) is 16.4. The molecule has 122 valence electrons. The number of hydrogen-bond donors (Lipinski definition) is 1. The van der Waals surface area contributed by atoms with Gasteiger partial charge in [-0.05, 0) is 31.9 Å². The maximum absolute atomic E-state index is 12.8. The standard InChI is InChI=1S/C14H17N5O3S/c1-11-4-6-12(7-5-11)23(21,22)19-8-2-3-13(19)14(20)17-18-9-15-16-10-18/h4-7,9-10,13H,2-3,8H2,1H3,(H,17,20)/t13-/m0/s1. The molecule has 0 spiro atoms. The minimum atomic E-state index is -3.70. The number of nitrogens with zero attached hydrogens (tertiary/aromatic N) is 4. The number of sulfonamides is 1. The lowest BCUT2D eigenvalue weighted by Crippen LogP contribution is -2.44. The Bertz CT molecular complexity index is 786. The quantitative estimate of drug-likeness (QED) is 0.878. The summed E-state index contributed by atoms with van der Waals surface area (Å²) < 4.78 is 28.1. The summed E-state index contributed by atoms with van der Waals surface area (Å²) in [6, 6.07) is 5.89. The number of benzene rings is 1. The van der Waals surface area contributed by atoms with Crippen LogP contribution in [0, 0.1) is 6.92 Å². The van der Waals surface area contributed by atoms with Crippen LogP contribution in [-0.4, -0.2) is 46.1 Å². The molecular formula is C14H17N5O3S. The van der Waals surface area contributed by atoms with E-state index in [1.54, 1.807) is 24.3 Å². The Labute approximate surface area is 134 Å². The Kier molecular flexibility index (Phi) is 4.14. The lowest BCUT2D eigenvalue weighted by molar-refractivity contribution is -0.120. The maximum atomic E-state index is 12.8. The Morgan fingerprint density at radius 2 is 1.87 bits per heavy atom. The average Bonchev–Trinajstić information content (AvgIpc) is 3.19. The van der Waals surface area contributed by atoms with Crippen molar-refractivity contribution in [1.29, 1.82) is 0 Å². The van der Waals surface area contributed by atoms with Crippen LogP contribution in [-0.2, 0) is 14.8 Å². The zero-order valence-corrected chi connectivity index (χ0v) is 13.4. The first kappa shape index (κ1) is 15.6. The van der Waals surface area contributed by atoms with E-state index < -0.39 is 22.0 Å². The number of aryl methyl sites for hydroxylation is 1. The molecule has 1 atom stereocenters. The highest BCUT2D eigenvalue weighted by Gasteiger charge is 2.39. The molecule has 0 radical (unpaired) electrons. The Balaban J connectivity index is 1.83. The van der Waals surface area contributed by atoms with E-state index in [-0.39, 0.29) is 4.90 Å². The fourth-order valence-electron chi connectivity index (χ4n) is 2.60. The van der Waals surface area contributed by atoms with Crippen LogP contribution in [0.3, 0.4) is 0 Å². The molecule has 2 aromatic rings. The van der Waals surface area contributed by atoms with Crippen LogP contribution in [0.5, 0.6) is 0 Å². The average molecular weight is 335 g/mol. The zero-order valence-electron chi connectivity index (χ0n) is 12.6. The number of carbonyl (C=O) groups is 1. The number of hydrogen-bond acceptors (Lipinski definition) is 5. The van der Waals surface area contributed by atoms with Crippen molar-refractivity contribution in [1.82, 2.24) is 19.2 Å². The van der Waals surface area contributed by atoms with Gasteiger partial charge >= 0.3 is 0 Å². The molecule has 9 heteroatoms. The van der Waals surface area contributed by atoms with Crippen molar-refractivity contribution in [3.63, 3.8) is 0 Å². The van der Waals surface area contributed by atoms with Crippen LogP contribution < -0.4 is 5.43 Å². The molecule has 1 saturated heterocycles. The van der Waals surface area contributed by atoms with Crippen LogP contribution in [0.2, 0.25) is 0 Å². The number of aromatic nitrogens is 3. The van der Waals surface area contributed by atoms with E-state index >= 15 is 0 Å². The molecule has 8 nitrogen and oxygen atoms in total. The molecule has 0 bridgehead atoms. The summed E-state index contributed by atoms with van der Waals surface area (Å²) in [4.78, 5) is 12.6. The Morgan fingerprint density at radius 1 is 1.22 bits per heavy atom. The summed E-state index contributed by atoms with van der Waals surface area (Å²) in [6.07, 6.45) is 3.81. The van der Waals surface area contributed by atoms with Crippen molar-refractivity contribution in [2.45, 2.75) is 30.7 Å². The molecule has 1 aromatic heterocycles. The number of carbonyl (C=O) groups excluding carboxylic acids is 1. The number of amides is 1. The molecule has 0 unspecified atom stereocenters. The van der Waals surface area contributed by atoms with Gasteiger partial charge in [0.15, 0.2) is 0 Å². The monoisotopic (exact) mass is 335 g/mol. The minimum Gasteiger partial charge on any atom is -0.271 e. The molecule has 1 N–H and O–H groups in total. The lowest BCUT2D eigenvalue weighted by Gasteiger charge is -2.23. The van der Waals surface area contributed by atoms with Crippen molar-refractivity contribution < 1.29 is 13.2 Å². The van der Waals surface area contributed by atoms with Gasteiger partial charge in [0, 0.05) is 6.54 Å². The number of nitrogens with one attached hydrogen (secondary N) is 1. The maximum Gasteiger partial charge on any atom is 0.257 e. The Hall–Kier alpha value is -2.26. The molecule has 3 rings (SSSR count). The largest absolute Gasteiger partial charge is 0.271 e. The molecular weight excluding hydrogens is 318 g/mol. The molecule has 2 heterocycles. The van der Waals surface area contributed by atoms with Gasteiger partial charge in [0.05, 0.1) is 4.90 Å². The molecule has 0 saturated carbocycles. The van der Waals surface area contributed by atoms with E-state index in [2.05, 4.69) is 15.6 Å². The smallest absolute Gasteiger partial charge is 0.257 e. The van der Waals surface area contributed by atoms with E-state index in [0.29, 0.717) is 19.4 Å². The predicted octanol–water partition coefficient (Wildman–Crippen LogP) is 0.510. The first-order valence-electron chi connectivity index (χ1n) is 7.22. The first-order valence-corrected chi connectivity index (χ1v) is 8.66. The highest BCUT2D eigenvalue weighted by atomic mass is 32.2. The van der Waals surface area contributed by atoms with Gasteiger partial charge < -0.3 is 0 Å². The summed E-state index contributed by atoms with van der Waals surface area (Å²) in [5.41, 5.74) is 3.55. The van der Waals surface area contributed by atoms with Crippen LogP contribution >= 0.6 is 0 Å². The lowest BCUT2D eigenvalue weighted by atomic mass is 10.2. The Morgan fingerprint density at radius 3 is 2.52 bits per heavy atom.